The monoisotopic (exact) mass is 404 g/mol. The Morgan fingerprint density at radius 1 is 1.00 bits per heavy atom. The molecule has 1 aromatic rings. The number of ketones is 1. The number of hydrogen-bond donors (Lipinski definition) is 0. The van der Waals surface area contributed by atoms with E-state index in [2.05, 4.69) is 0 Å². The van der Waals surface area contributed by atoms with E-state index in [1.807, 2.05) is 70.2 Å². The molecular weight excluding hydrogens is 380 g/mol. The highest BCUT2D eigenvalue weighted by Crippen LogP contribution is 2.51. The fourth-order valence-electron chi connectivity index (χ4n) is 4.56. The van der Waals surface area contributed by atoms with Gasteiger partial charge in [0.15, 0.2) is 5.78 Å². The number of Topliss-reactive ketones (excluding diaryl/α,β-unsaturated/α-hetero) is 1. The summed E-state index contributed by atoms with van der Waals surface area (Å²) in [5.41, 5.74) is 2.37. The van der Waals surface area contributed by atoms with E-state index in [1.54, 1.807) is 0 Å². The number of hydrogen-bond acceptors (Lipinski definition) is 5. The van der Waals surface area contributed by atoms with Crippen molar-refractivity contribution in [1.29, 1.82) is 0 Å². The summed E-state index contributed by atoms with van der Waals surface area (Å²) >= 11 is 0. The van der Waals surface area contributed by atoms with Crippen molar-refractivity contribution in [2.75, 3.05) is 0 Å². The Hall–Kier alpha value is -3.08. The summed E-state index contributed by atoms with van der Waals surface area (Å²) in [7, 11) is 0. The Balaban J connectivity index is 1.75. The lowest BCUT2D eigenvalue weighted by Crippen LogP contribution is -2.47. The third-order valence-electron chi connectivity index (χ3n) is 6.29. The molecule has 0 amide bonds. The van der Waals surface area contributed by atoms with Gasteiger partial charge in [-0.15, -0.1) is 0 Å². The van der Waals surface area contributed by atoms with E-state index < -0.39 is 23.6 Å². The van der Waals surface area contributed by atoms with Crippen molar-refractivity contribution >= 4 is 17.3 Å². The minimum atomic E-state index is -0.767. The lowest BCUT2D eigenvalue weighted by molar-refractivity contribution is -0.146. The van der Waals surface area contributed by atoms with Crippen LogP contribution in [-0.4, -0.2) is 29.6 Å². The van der Waals surface area contributed by atoms with E-state index in [-0.39, 0.29) is 17.8 Å². The molecule has 5 heteroatoms. The third-order valence-corrected chi connectivity index (χ3v) is 6.29. The summed E-state index contributed by atoms with van der Waals surface area (Å²) < 4.78 is 18.4. The summed E-state index contributed by atoms with van der Waals surface area (Å²) in [5.74, 6) is -0.0575. The van der Waals surface area contributed by atoms with Crippen molar-refractivity contribution in [3.63, 3.8) is 0 Å². The van der Waals surface area contributed by atoms with Crippen LogP contribution in [0.2, 0.25) is 0 Å². The molecule has 0 saturated carbocycles. The highest BCUT2D eigenvalue weighted by molar-refractivity contribution is 6.04. The van der Waals surface area contributed by atoms with Crippen LogP contribution in [0.3, 0.4) is 0 Å². The summed E-state index contributed by atoms with van der Waals surface area (Å²) in [6.45, 7) is 7.69. The fraction of sp³-hybridized carbons (Fsp3) is 0.360. The van der Waals surface area contributed by atoms with Crippen LogP contribution in [0.4, 0.5) is 0 Å². The quantitative estimate of drug-likeness (QED) is 0.659. The molecule has 0 N–H and O–H groups in total. The van der Waals surface area contributed by atoms with E-state index in [4.69, 9.17) is 14.2 Å². The number of esters is 1. The van der Waals surface area contributed by atoms with Crippen LogP contribution < -0.4 is 0 Å². The van der Waals surface area contributed by atoms with Gasteiger partial charge in [0.25, 0.3) is 0 Å². The van der Waals surface area contributed by atoms with Gasteiger partial charge >= 0.3 is 5.97 Å². The zero-order valence-electron chi connectivity index (χ0n) is 17.5. The lowest BCUT2D eigenvalue weighted by Gasteiger charge is -2.45. The van der Waals surface area contributed by atoms with Crippen molar-refractivity contribution in [3.8, 4) is 0 Å². The molecular formula is C25H24O5. The average Bonchev–Trinajstić information content (AvgIpc) is 2.71. The van der Waals surface area contributed by atoms with Crippen LogP contribution in [-0.2, 0) is 23.8 Å². The highest BCUT2D eigenvalue weighted by Gasteiger charge is 2.52. The first kappa shape index (κ1) is 18.9. The summed E-state index contributed by atoms with van der Waals surface area (Å²) in [6.07, 6.45) is 4.42. The number of fused-ring (bicyclic) bond motifs is 4. The minimum absolute atomic E-state index is 0.0364. The molecule has 0 aromatic heterocycles. The summed E-state index contributed by atoms with van der Waals surface area (Å²) in [6, 6.07) is 9.70. The fourth-order valence-corrected chi connectivity index (χ4v) is 4.56. The number of carbonyl (C=O) groups is 2. The van der Waals surface area contributed by atoms with Crippen molar-refractivity contribution in [2.45, 2.75) is 45.5 Å². The van der Waals surface area contributed by atoms with Gasteiger partial charge in [0.1, 0.15) is 29.3 Å². The van der Waals surface area contributed by atoms with Gasteiger partial charge in [-0.2, -0.15) is 0 Å². The van der Waals surface area contributed by atoms with Crippen molar-refractivity contribution < 1.29 is 23.8 Å². The molecule has 0 saturated heterocycles. The number of carbonyl (C=O) groups excluding carboxylic acids is 2. The molecule has 1 aliphatic carbocycles. The molecule has 0 radical (unpaired) electrons. The topological polar surface area (TPSA) is 61.8 Å². The molecule has 0 unspecified atom stereocenters. The second kappa shape index (κ2) is 6.46. The SMILES string of the molecule is C[C@H]1OC2=C(C(=O)[C@@H]1C)[C@H]1OC(=O)C=C(c3ccccc3)[C@@H]1C1=C2C=CC(C)(C)O1. The highest BCUT2D eigenvalue weighted by atomic mass is 16.6. The first-order valence-corrected chi connectivity index (χ1v) is 10.3. The minimum Gasteiger partial charge on any atom is -0.489 e. The number of ether oxygens (including phenoxy) is 3. The van der Waals surface area contributed by atoms with E-state index in [0.29, 0.717) is 17.1 Å². The van der Waals surface area contributed by atoms with Crippen LogP contribution in [0, 0.1) is 11.8 Å². The number of benzene rings is 1. The van der Waals surface area contributed by atoms with E-state index in [9.17, 15) is 9.59 Å². The van der Waals surface area contributed by atoms with Gasteiger partial charge in [-0.05, 0) is 44.1 Å². The Morgan fingerprint density at radius 2 is 1.73 bits per heavy atom. The van der Waals surface area contributed by atoms with Crippen LogP contribution in [0.5, 0.6) is 0 Å². The van der Waals surface area contributed by atoms with Gasteiger partial charge in [-0.3, -0.25) is 4.79 Å². The van der Waals surface area contributed by atoms with Crippen molar-refractivity contribution in [2.24, 2.45) is 11.8 Å². The second-order valence-electron chi connectivity index (χ2n) is 8.84. The molecule has 3 aliphatic heterocycles. The first-order chi connectivity index (χ1) is 14.3. The van der Waals surface area contributed by atoms with Gasteiger partial charge in [0.2, 0.25) is 0 Å². The molecule has 30 heavy (non-hydrogen) atoms. The van der Waals surface area contributed by atoms with Gasteiger partial charge in [-0.25, -0.2) is 4.79 Å². The zero-order chi connectivity index (χ0) is 21.2. The predicted octanol–water partition coefficient (Wildman–Crippen LogP) is 4.12. The molecule has 5 rings (SSSR count). The van der Waals surface area contributed by atoms with Gasteiger partial charge in [-0.1, -0.05) is 37.3 Å². The van der Waals surface area contributed by atoms with Crippen molar-refractivity contribution in [1.82, 2.24) is 0 Å². The largest absolute Gasteiger partial charge is 0.489 e. The zero-order valence-corrected chi connectivity index (χ0v) is 17.5. The molecule has 4 aliphatic rings. The molecule has 4 atom stereocenters. The first-order valence-electron chi connectivity index (χ1n) is 10.3. The molecule has 154 valence electrons. The summed E-state index contributed by atoms with van der Waals surface area (Å²) in [5, 5.41) is 0. The summed E-state index contributed by atoms with van der Waals surface area (Å²) in [4.78, 5) is 25.9. The van der Waals surface area contributed by atoms with E-state index in [1.165, 1.54) is 6.08 Å². The number of allylic oxidation sites excluding steroid dienone is 1. The van der Waals surface area contributed by atoms with E-state index in [0.717, 1.165) is 16.7 Å². The lowest BCUT2D eigenvalue weighted by atomic mass is 9.72. The standard InChI is InChI=1S/C25H24O5/c1-13-14(2)28-22-16-10-11-25(3,4)30-23(16)19-17(15-8-6-5-7-9-15)12-18(26)29-24(19)20(22)21(13)27/h5-14,19,24H,1-4H3/t13-,14-,19-,24+/m1/s1. The molecule has 0 spiro atoms. The van der Waals surface area contributed by atoms with Crippen LogP contribution in [0.25, 0.3) is 5.57 Å². The third kappa shape index (κ3) is 2.76. The van der Waals surface area contributed by atoms with Crippen LogP contribution in [0.1, 0.15) is 33.3 Å². The van der Waals surface area contributed by atoms with Crippen molar-refractivity contribution in [3.05, 3.63) is 76.8 Å². The Kier molecular flexibility index (Phi) is 4.07. The molecule has 3 heterocycles. The Labute approximate surface area is 175 Å². The molecule has 0 fully saturated rings. The predicted molar refractivity (Wildman–Crippen MR) is 111 cm³/mol. The average molecular weight is 404 g/mol. The van der Waals surface area contributed by atoms with Crippen LogP contribution in [0.15, 0.2) is 71.2 Å². The Morgan fingerprint density at radius 3 is 2.47 bits per heavy atom. The smallest absolute Gasteiger partial charge is 0.331 e. The maximum atomic E-state index is 13.3. The maximum Gasteiger partial charge on any atom is 0.331 e. The maximum absolute atomic E-state index is 13.3. The second-order valence-corrected chi connectivity index (χ2v) is 8.84. The molecule has 5 nitrogen and oxygen atoms in total. The Bertz CT molecular complexity index is 1070. The van der Waals surface area contributed by atoms with Crippen LogP contribution >= 0.6 is 0 Å². The van der Waals surface area contributed by atoms with Gasteiger partial charge in [0.05, 0.1) is 23.0 Å². The molecule has 0 bridgehead atoms. The van der Waals surface area contributed by atoms with E-state index >= 15 is 0 Å². The normalized spacial score (nSPS) is 31.7. The van der Waals surface area contributed by atoms with Gasteiger partial charge < -0.3 is 14.2 Å². The van der Waals surface area contributed by atoms with Gasteiger partial charge in [0, 0.05) is 6.08 Å². The number of rotatable bonds is 1. The molecule has 1 aromatic carbocycles.